The number of hydrogen-bond acceptors (Lipinski definition) is 6. The number of nitrogens with zero attached hydrogens (tertiary/aromatic N) is 3. The minimum Gasteiger partial charge on any atom is -0.491 e. The van der Waals surface area contributed by atoms with Gasteiger partial charge in [-0.2, -0.15) is 0 Å². The summed E-state index contributed by atoms with van der Waals surface area (Å²) >= 11 is 0. The molecule has 1 aromatic carbocycles. The number of pyridine rings is 2. The number of halogens is 2. The predicted molar refractivity (Wildman–Crippen MR) is 134 cm³/mol. The van der Waals surface area contributed by atoms with Crippen LogP contribution < -0.4 is 14.8 Å². The van der Waals surface area contributed by atoms with Gasteiger partial charge in [-0.15, -0.1) is 0 Å². The molecule has 0 saturated carbocycles. The molecule has 4 atom stereocenters. The van der Waals surface area contributed by atoms with Crippen LogP contribution in [0.5, 0.6) is 11.6 Å². The molecule has 6 rings (SSSR count). The molecule has 2 bridgehead atoms. The van der Waals surface area contributed by atoms with E-state index in [9.17, 15) is 8.78 Å². The molecule has 2 fully saturated rings. The maximum absolute atomic E-state index is 13.8. The molecule has 0 aliphatic carbocycles. The highest BCUT2D eigenvalue weighted by atomic mass is 19.1. The van der Waals surface area contributed by atoms with E-state index in [1.54, 1.807) is 13.2 Å². The summed E-state index contributed by atoms with van der Waals surface area (Å²) in [5.41, 5.74) is 3.16. The normalized spacial score (nSPS) is 25.4. The summed E-state index contributed by atoms with van der Waals surface area (Å²) in [6, 6.07) is 8.80. The average Bonchev–Trinajstić information content (AvgIpc) is 3.40. The lowest BCUT2D eigenvalue weighted by Crippen LogP contribution is -2.50. The number of piperidine rings is 1. The lowest BCUT2D eigenvalue weighted by atomic mass is 9.93. The van der Waals surface area contributed by atoms with E-state index in [4.69, 9.17) is 14.5 Å². The first kappa shape index (κ1) is 23.3. The average molecular weight is 493 g/mol. The molecule has 1 N–H and O–H groups in total. The summed E-state index contributed by atoms with van der Waals surface area (Å²) in [5.74, 6) is 0.834. The van der Waals surface area contributed by atoms with Crippen LogP contribution in [0.1, 0.15) is 42.7 Å². The molecule has 188 valence electrons. The van der Waals surface area contributed by atoms with Crippen molar-refractivity contribution in [1.29, 1.82) is 0 Å². The molecule has 0 amide bonds. The van der Waals surface area contributed by atoms with Crippen molar-refractivity contribution in [2.75, 3.05) is 26.8 Å². The predicted octanol–water partition coefficient (Wildman–Crippen LogP) is 4.69. The fourth-order valence-corrected chi connectivity index (χ4v) is 6.15. The molecule has 2 aromatic heterocycles. The number of ether oxygens (including phenoxy) is 2. The molecule has 6 nitrogen and oxygen atoms in total. The van der Waals surface area contributed by atoms with Crippen molar-refractivity contribution < 1.29 is 18.3 Å². The summed E-state index contributed by atoms with van der Waals surface area (Å²) in [6.07, 6.45) is 9.92. The van der Waals surface area contributed by atoms with Gasteiger partial charge < -0.3 is 14.8 Å². The minimum atomic E-state index is -0.428. The Kier molecular flexibility index (Phi) is 6.31. The number of benzene rings is 1. The van der Waals surface area contributed by atoms with Crippen LogP contribution in [0, 0.1) is 11.6 Å². The monoisotopic (exact) mass is 492 g/mol. The number of methoxy groups -OCH3 is 1. The Morgan fingerprint density at radius 2 is 2.00 bits per heavy atom. The molecule has 0 radical (unpaired) electrons. The van der Waals surface area contributed by atoms with E-state index in [2.05, 4.69) is 15.2 Å². The van der Waals surface area contributed by atoms with Crippen LogP contribution >= 0.6 is 0 Å². The van der Waals surface area contributed by atoms with Crippen LogP contribution in [0.4, 0.5) is 8.78 Å². The van der Waals surface area contributed by atoms with E-state index < -0.39 is 11.6 Å². The number of rotatable bonds is 7. The Hall–Kier alpha value is -3.10. The number of nitrogens with one attached hydrogen (secondary N) is 1. The van der Waals surface area contributed by atoms with Crippen molar-refractivity contribution in [3.63, 3.8) is 0 Å². The molecule has 3 aliphatic rings. The van der Waals surface area contributed by atoms with Crippen molar-refractivity contribution in [1.82, 2.24) is 20.2 Å². The molecule has 5 heterocycles. The molecule has 2 saturated heterocycles. The van der Waals surface area contributed by atoms with Crippen molar-refractivity contribution in [3.05, 3.63) is 65.4 Å². The van der Waals surface area contributed by atoms with Gasteiger partial charge in [0, 0.05) is 54.3 Å². The Bertz CT molecular complexity index is 1290. The maximum Gasteiger partial charge on any atom is 0.213 e. The van der Waals surface area contributed by atoms with Crippen LogP contribution in [0.3, 0.4) is 0 Å². The number of aromatic nitrogens is 2. The smallest absolute Gasteiger partial charge is 0.213 e. The van der Waals surface area contributed by atoms with Gasteiger partial charge in [0.05, 0.1) is 25.4 Å². The summed E-state index contributed by atoms with van der Waals surface area (Å²) in [6.45, 7) is 2.23. The van der Waals surface area contributed by atoms with E-state index in [1.165, 1.54) is 18.9 Å². The highest BCUT2D eigenvalue weighted by Gasteiger charge is 2.42. The van der Waals surface area contributed by atoms with Crippen molar-refractivity contribution in [2.24, 2.45) is 0 Å². The highest BCUT2D eigenvalue weighted by molar-refractivity contribution is 5.81. The largest absolute Gasteiger partial charge is 0.491 e. The number of hydrogen-bond donors (Lipinski definition) is 1. The summed E-state index contributed by atoms with van der Waals surface area (Å²) in [5, 5.41) is 3.61. The molecule has 0 spiro atoms. The third-order valence-corrected chi connectivity index (χ3v) is 7.84. The fourth-order valence-electron chi connectivity index (χ4n) is 6.15. The third-order valence-electron chi connectivity index (χ3n) is 7.84. The van der Waals surface area contributed by atoms with Gasteiger partial charge in [-0.05, 0) is 49.9 Å². The zero-order chi connectivity index (χ0) is 24.6. The zero-order valence-corrected chi connectivity index (χ0v) is 20.3. The maximum atomic E-state index is 13.8. The van der Waals surface area contributed by atoms with Crippen LogP contribution in [0.25, 0.3) is 17.1 Å². The molecular weight excluding hydrogens is 462 g/mol. The lowest BCUT2D eigenvalue weighted by Gasteiger charge is -2.40. The van der Waals surface area contributed by atoms with Crippen LogP contribution in [-0.4, -0.2) is 59.8 Å². The first-order valence-corrected chi connectivity index (χ1v) is 12.7. The first-order chi connectivity index (χ1) is 17.6. The number of fused-ring (bicyclic) bond motifs is 5. The van der Waals surface area contributed by atoms with Gasteiger partial charge in [-0.1, -0.05) is 12.2 Å². The van der Waals surface area contributed by atoms with E-state index in [0.717, 1.165) is 53.9 Å². The molecular formula is C28H30F2N4O2. The van der Waals surface area contributed by atoms with Gasteiger partial charge in [0.1, 0.15) is 22.9 Å². The van der Waals surface area contributed by atoms with Crippen LogP contribution in [-0.2, 0) is 0 Å². The Morgan fingerprint density at radius 1 is 1.17 bits per heavy atom. The van der Waals surface area contributed by atoms with E-state index in [-0.39, 0.29) is 11.5 Å². The standard InChI is InChI=1S/C28H30F2N4O2/c1-35-26-9-8-24-28(33-26)27-18(16-36-25(27)14-32-24)15-34-21-5-6-22(34)13-20(12-21)31-10-2-3-17-11-19(29)4-7-23(17)30/h2-4,7-9,11,14,18,20-22,31H,5-6,10,12-13,15-16H2,1H3/b3-2+/t18?,20-,21-,22+. The van der Waals surface area contributed by atoms with Gasteiger partial charge >= 0.3 is 0 Å². The summed E-state index contributed by atoms with van der Waals surface area (Å²) in [7, 11) is 1.63. The molecule has 3 aliphatic heterocycles. The van der Waals surface area contributed by atoms with E-state index >= 15 is 0 Å². The van der Waals surface area contributed by atoms with Gasteiger partial charge in [0.15, 0.2) is 0 Å². The van der Waals surface area contributed by atoms with Gasteiger partial charge in [0.25, 0.3) is 0 Å². The van der Waals surface area contributed by atoms with Gasteiger partial charge in [-0.25, -0.2) is 13.8 Å². The molecule has 8 heteroatoms. The first-order valence-electron chi connectivity index (χ1n) is 12.7. The second-order valence-electron chi connectivity index (χ2n) is 9.99. The Morgan fingerprint density at radius 3 is 2.81 bits per heavy atom. The quantitative estimate of drug-likeness (QED) is 0.517. The van der Waals surface area contributed by atoms with Crippen molar-refractivity contribution in [3.8, 4) is 11.6 Å². The lowest BCUT2D eigenvalue weighted by molar-refractivity contribution is 0.106. The minimum absolute atomic E-state index is 0.252. The SMILES string of the molecule is COc1ccc2ncc3c(c2n1)C(CN1[C@@H]2CC[C@H]1C[C@H](NC/C=C/c1cc(F)ccc1F)C2)CO3. The second-order valence-corrected chi connectivity index (χ2v) is 9.99. The van der Waals surface area contributed by atoms with Crippen molar-refractivity contribution >= 4 is 17.1 Å². The van der Waals surface area contributed by atoms with Crippen molar-refractivity contribution in [2.45, 2.75) is 49.7 Å². The Labute approximate surface area is 209 Å². The van der Waals surface area contributed by atoms with Crippen LogP contribution in [0.15, 0.2) is 42.6 Å². The zero-order valence-electron chi connectivity index (χ0n) is 20.3. The van der Waals surface area contributed by atoms with Gasteiger partial charge in [0.2, 0.25) is 5.88 Å². The van der Waals surface area contributed by atoms with E-state index in [0.29, 0.717) is 37.2 Å². The summed E-state index contributed by atoms with van der Waals surface area (Å²) < 4.78 is 38.6. The van der Waals surface area contributed by atoms with Gasteiger partial charge in [-0.3, -0.25) is 9.88 Å². The third kappa shape index (κ3) is 4.44. The van der Waals surface area contributed by atoms with E-state index in [1.807, 2.05) is 24.4 Å². The molecule has 1 unspecified atom stereocenters. The second kappa shape index (κ2) is 9.75. The topological polar surface area (TPSA) is 59.5 Å². The Balaban J connectivity index is 1.10. The highest BCUT2D eigenvalue weighted by Crippen LogP contribution is 2.42. The molecule has 36 heavy (non-hydrogen) atoms. The van der Waals surface area contributed by atoms with Crippen LogP contribution in [0.2, 0.25) is 0 Å². The fraction of sp³-hybridized carbons (Fsp3) is 0.429. The summed E-state index contributed by atoms with van der Waals surface area (Å²) in [4.78, 5) is 11.9. The molecule has 3 aromatic rings.